The van der Waals surface area contributed by atoms with E-state index in [1.807, 2.05) is 11.3 Å². The van der Waals surface area contributed by atoms with E-state index >= 15 is 0 Å². The molecule has 0 amide bonds. The highest BCUT2D eigenvalue weighted by Gasteiger charge is 2.27. The van der Waals surface area contributed by atoms with Crippen molar-refractivity contribution in [2.75, 3.05) is 5.32 Å². The molecule has 2 nitrogen and oxygen atoms in total. The van der Waals surface area contributed by atoms with Gasteiger partial charge in [-0.3, -0.25) is 5.32 Å². The summed E-state index contributed by atoms with van der Waals surface area (Å²) in [5, 5.41) is 7.38. The molecule has 2 atom stereocenters. The van der Waals surface area contributed by atoms with Crippen molar-refractivity contribution in [2.24, 2.45) is 0 Å². The van der Waals surface area contributed by atoms with Crippen molar-refractivity contribution in [3.05, 3.63) is 87.6 Å². The Hall–Kier alpha value is -2.10. The largest absolute Gasteiger partial charge is 0.365 e. The van der Waals surface area contributed by atoms with Gasteiger partial charge in [-0.25, -0.2) is 0 Å². The Morgan fingerprint density at radius 2 is 1.64 bits per heavy atom. The lowest BCUT2D eigenvalue weighted by atomic mass is 9.94. The molecule has 0 saturated heterocycles. The number of aryl methyl sites for hydroxylation is 1. The Labute approximate surface area is 134 Å². The van der Waals surface area contributed by atoms with Crippen LogP contribution in [0.2, 0.25) is 0 Å². The van der Waals surface area contributed by atoms with Crippen LogP contribution < -0.4 is 10.6 Å². The summed E-state index contributed by atoms with van der Waals surface area (Å²) in [5.74, 6) is 0. The Morgan fingerprint density at radius 1 is 0.864 bits per heavy atom. The van der Waals surface area contributed by atoms with Gasteiger partial charge in [-0.15, -0.1) is 11.3 Å². The summed E-state index contributed by atoms with van der Waals surface area (Å²) in [6.07, 6.45) is 0.152. The summed E-state index contributed by atoms with van der Waals surface area (Å²) in [5.41, 5.74) is 3.82. The average Bonchev–Trinajstić information content (AvgIpc) is 3.01. The normalized spacial score (nSPS) is 20.2. The smallest absolute Gasteiger partial charge is 0.113 e. The number of benzene rings is 2. The molecule has 0 spiro atoms. The van der Waals surface area contributed by atoms with Crippen molar-refractivity contribution in [2.45, 2.75) is 19.1 Å². The van der Waals surface area contributed by atoms with Gasteiger partial charge in [-0.05, 0) is 36.2 Å². The summed E-state index contributed by atoms with van der Waals surface area (Å²) >= 11 is 1.84. The molecule has 0 saturated carbocycles. The van der Waals surface area contributed by atoms with Gasteiger partial charge in [0.1, 0.15) is 6.17 Å². The summed E-state index contributed by atoms with van der Waals surface area (Å²) in [6, 6.07) is 23.8. The van der Waals surface area contributed by atoms with Crippen LogP contribution in [0.1, 0.15) is 33.1 Å². The first kappa shape index (κ1) is 13.6. The zero-order valence-electron chi connectivity index (χ0n) is 12.4. The maximum absolute atomic E-state index is 3.75. The first-order valence-corrected chi connectivity index (χ1v) is 8.36. The number of thiophene rings is 1. The Kier molecular flexibility index (Phi) is 3.45. The van der Waals surface area contributed by atoms with E-state index in [9.17, 15) is 0 Å². The molecule has 110 valence electrons. The number of anilines is 1. The SMILES string of the molecule is Cc1ccc([C@H]2Nc3ccccc3[C@@H](c3ccccc3)N2)s1. The summed E-state index contributed by atoms with van der Waals surface area (Å²) in [7, 11) is 0. The predicted octanol–water partition coefficient (Wildman–Crippen LogP) is 4.86. The second-order valence-electron chi connectivity index (χ2n) is 5.62. The number of hydrogen-bond acceptors (Lipinski definition) is 3. The fourth-order valence-corrected chi connectivity index (χ4v) is 3.91. The molecule has 3 aromatic rings. The highest BCUT2D eigenvalue weighted by Crippen LogP contribution is 2.37. The van der Waals surface area contributed by atoms with Crippen molar-refractivity contribution in [1.82, 2.24) is 5.32 Å². The molecule has 4 rings (SSSR count). The van der Waals surface area contributed by atoms with Crippen molar-refractivity contribution < 1.29 is 0 Å². The second-order valence-corrected chi connectivity index (χ2v) is 6.94. The van der Waals surface area contributed by atoms with Gasteiger partial charge in [-0.1, -0.05) is 48.5 Å². The van der Waals surface area contributed by atoms with E-state index < -0.39 is 0 Å². The minimum atomic E-state index is 0.152. The molecule has 22 heavy (non-hydrogen) atoms. The first-order valence-electron chi connectivity index (χ1n) is 7.54. The number of rotatable bonds is 2. The van der Waals surface area contributed by atoms with Crippen molar-refractivity contribution >= 4 is 17.0 Å². The fraction of sp³-hybridized carbons (Fsp3) is 0.158. The van der Waals surface area contributed by atoms with Gasteiger partial charge in [0.25, 0.3) is 0 Å². The van der Waals surface area contributed by atoms with Crippen LogP contribution in [-0.4, -0.2) is 0 Å². The zero-order chi connectivity index (χ0) is 14.9. The van der Waals surface area contributed by atoms with E-state index in [0.29, 0.717) is 0 Å². The summed E-state index contributed by atoms with van der Waals surface area (Å²) in [4.78, 5) is 2.67. The number of nitrogens with one attached hydrogen (secondary N) is 2. The standard InChI is InChI=1S/C19H18N2S/c1-13-11-12-17(22-13)19-20-16-10-6-5-9-15(16)18(21-19)14-7-3-2-4-8-14/h2-12,18-21H,1H3/t18-,19+/m1/s1. The van der Waals surface area contributed by atoms with Crippen LogP contribution in [0.4, 0.5) is 5.69 Å². The first-order chi connectivity index (χ1) is 10.8. The molecule has 0 unspecified atom stereocenters. The summed E-state index contributed by atoms with van der Waals surface area (Å²) < 4.78 is 0. The van der Waals surface area contributed by atoms with Gasteiger partial charge in [0.2, 0.25) is 0 Å². The molecule has 1 aliphatic rings. The van der Waals surface area contributed by atoms with E-state index in [1.165, 1.54) is 26.6 Å². The Bertz CT molecular complexity index is 779. The lowest BCUT2D eigenvalue weighted by molar-refractivity contribution is 0.512. The van der Waals surface area contributed by atoms with Gasteiger partial charge in [0.05, 0.1) is 6.04 Å². The molecule has 3 heteroatoms. The van der Waals surface area contributed by atoms with Crippen LogP contribution in [0, 0.1) is 6.92 Å². The van der Waals surface area contributed by atoms with E-state index in [4.69, 9.17) is 0 Å². The quantitative estimate of drug-likeness (QED) is 0.706. The Balaban J connectivity index is 1.77. The van der Waals surface area contributed by atoms with E-state index in [2.05, 4.69) is 84.3 Å². The fourth-order valence-electron chi connectivity index (χ4n) is 3.02. The van der Waals surface area contributed by atoms with Crippen molar-refractivity contribution in [3.63, 3.8) is 0 Å². The predicted molar refractivity (Wildman–Crippen MR) is 93.3 cm³/mol. The number of hydrogen-bond donors (Lipinski definition) is 2. The molecule has 1 aromatic heterocycles. The number of fused-ring (bicyclic) bond motifs is 1. The van der Waals surface area contributed by atoms with Gasteiger partial charge >= 0.3 is 0 Å². The minimum Gasteiger partial charge on any atom is -0.365 e. The van der Waals surface area contributed by atoms with Crippen LogP contribution in [-0.2, 0) is 0 Å². The van der Waals surface area contributed by atoms with Crippen LogP contribution in [0.25, 0.3) is 0 Å². The lowest BCUT2D eigenvalue weighted by Crippen LogP contribution is -2.36. The minimum absolute atomic E-state index is 0.152. The molecule has 0 fully saturated rings. The van der Waals surface area contributed by atoms with E-state index in [0.717, 1.165) is 0 Å². The molecule has 2 aromatic carbocycles. The molecule has 1 aliphatic heterocycles. The van der Waals surface area contributed by atoms with Crippen LogP contribution >= 0.6 is 11.3 Å². The third kappa shape index (κ3) is 2.43. The van der Waals surface area contributed by atoms with Gasteiger partial charge in [-0.2, -0.15) is 0 Å². The monoisotopic (exact) mass is 306 g/mol. The van der Waals surface area contributed by atoms with Gasteiger partial charge < -0.3 is 5.32 Å². The maximum Gasteiger partial charge on any atom is 0.113 e. The second kappa shape index (κ2) is 5.59. The number of para-hydroxylation sites is 1. The van der Waals surface area contributed by atoms with E-state index in [1.54, 1.807) is 0 Å². The highest BCUT2D eigenvalue weighted by atomic mass is 32.1. The topological polar surface area (TPSA) is 24.1 Å². The molecule has 0 bridgehead atoms. The van der Waals surface area contributed by atoms with Crippen molar-refractivity contribution in [3.8, 4) is 0 Å². The third-order valence-corrected chi connectivity index (χ3v) is 5.15. The molecular formula is C19H18N2S. The van der Waals surface area contributed by atoms with E-state index in [-0.39, 0.29) is 12.2 Å². The molecule has 0 aliphatic carbocycles. The lowest BCUT2D eigenvalue weighted by Gasteiger charge is -2.34. The molecular weight excluding hydrogens is 288 g/mol. The Morgan fingerprint density at radius 3 is 2.41 bits per heavy atom. The molecule has 2 heterocycles. The average molecular weight is 306 g/mol. The zero-order valence-corrected chi connectivity index (χ0v) is 13.2. The summed E-state index contributed by atoms with van der Waals surface area (Å²) in [6.45, 7) is 2.15. The van der Waals surface area contributed by atoms with Crippen LogP contribution in [0.15, 0.2) is 66.7 Å². The van der Waals surface area contributed by atoms with Gasteiger partial charge in [0.15, 0.2) is 0 Å². The van der Waals surface area contributed by atoms with Gasteiger partial charge in [0, 0.05) is 15.4 Å². The van der Waals surface area contributed by atoms with Crippen molar-refractivity contribution in [1.29, 1.82) is 0 Å². The molecule has 2 N–H and O–H groups in total. The molecule has 0 radical (unpaired) electrons. The van der Waals surface area contributed by atoms with Crippen LogP contribution in [0.5, 0.6) is 0 Å². The maximum atomic E-state index is 3.75. The van der Waals surface area contributed by atoms with Crippen LogP contribution in [0.3, 0.4) is 0 Å². The third-order valence-electron chi connectivity index (χ3n) is 4.08. The highest BCUT2D eigenvalue weighted by molar-refractivity contribution is 7.12.